The molecule has 0 spiro atoms. The van der Waals surface area contributed by atoms with E-state index in [1.54, 1.807) is 19.1 Å². The number of carbonyl (C=O) groups is 2. The first kappa shape index (κ1) is 19.1. The zero-order valence-corrected chi connectivity index (χ0v) is 13.9. The second-order valence-corrected chi connectivity index (χ2v) is 5.52. The van der Waals surface area contributed by atoms with Crippen molar-refractivity contribution in [2.24, 2.45) is 0 Å². The molecule has 0 heterocycles. The molecule has 122 valence electrons. The number of aliphatic hydroxyl groups excluding tert-OH is 1. The maximum absolute atomic E-state index is 13.0. The van der Waals surface area contributed by atoms with Crippen molar-refractivity contribution in [1.29, 1.82) is 0 Å². The molecular weight excluding hydrogens is 370 g/mol. The molecule has 0 aromatic heterocycles. The molecule has 1 N–H and O–H groups in total. The molecule has 6 heteroatoms. The van der Waals surface area contributed by atoms with Crippen molar-refractivity contribution in [2.75, 3.05) is 0 Å². The van der Waals surface area contributed by atoms with Crippen LogP contribution in [-0.2, 0) is 0 Å². The minimum absolute atomic E-state index is 0.0204. The molecule has 23 heavy (non-hydrogen) atoms. The Morgan fingerprint density at radius 2 is 1.57 bits per heavy atom. The molecule has 3 nitrogen and oxygen atoms in total. The largest absolute Gasteiger partial charge is 0.388 e. The molecule has 2 rings (SSSR count). The molecule has 0 saturated heterocycles. The summed E-state index contributed by atoms with van der Waals surface area (Å²) in [5, 5.41) is 9.36. The maximum Gasteiger partial charge on any atom is 0.152 e. The first-order valence-corrected chi connectivity index (χ1v) is 7.55. The summed E-state index contributed by atoms with van der Waals surface area (Å²) in [4.78, 5) is 20.4. The molecule has 0 saturated carbocycles. The summed E-state index contributed by atoms with van der Waals surface area (Å²) in [5.74, 6) is -1.08. The van der Waals surface area contributed by atoms with Crippen LogP contribution in [0.4, 0.5) is 8.78 Å². The van der Waals surface area contributed by atoms with E-state index < -0.39 is 17.7 Å². The fourth-order valence-corrected chi connectivity index (χ4v) is 2.01. The Kier molecular flexibility index (Phi) is 7.71. The van der Waals surface area contributed by atoms with Gasteiger partial charge in [-0.05, 0) is 42.3 Å². The van der Waals surface area contributed by atoms with Gasteiger partial charge in [-0.1, -0.05) is 28.9 Å². The maximum atomic E-state index is 13.0. The van der Waals surface area contributed by atoms with Gasteiger partial charge in [-0.15, -0.1) is 0 Å². The number of aliphatic hydroxyl groups is 1. The molecule has 2 aromatic carbocycles. The molecule has 0 aliphatic heterocycles. The Hall–Kier alpha value is -1.92. The van der Waals surface area contributed by atoms with Crippen LogP contribution in [0.1, 0.15) is 45.7 Å². The first-order chi connectivity index (χ1) is 10.9. The highest BCUT2D eigenvalue weighted by Crippen LogP contribution is 2.18. The standard InChI is InChI=1S/C10H11FO2.C7H4BrFO/c1-2-10(13)7-3-4-8(6-12)9(11)5-7;8-6-2-1-5(4-10)7(9)3-6/h3-6,10,13H,2H2,1H3;1-4H. The Morgan fingerprint density at radius 1 is 1.04 bits per heavy atom. The number of halogens is 3. The lowest BCUT2D eigenvalue weighted by Gasteiger charge is -2.07. The summed E-state index contributed by atoms with van der Waals surface area (Å²) in [6.07, 6.45) is 0.814. The van der Waals surface area contributed by atoms with Gasteiger partial charge < -0.3 is 5.11 Å². The zero-order valence-electron chi connectivity index (χ0n) is 12.3. The second kappa shape index (κ2) is 9.27. The summed E-state index contributed by atoms with van der Waals surface area (Å²) < 4.78 is 26.2. The number of carbonyl (C=O) groups excluding carboxylic acids is 2. The van der Waals surface area contributed by atoms with Crippen LogP contribution in [0, 0.1) is 11.6 Å². The van der Waals surface area contributed by atoms with Crippen LogP contribution in [0.2, 0.25) is 0 Å². The molecule has 0 fully saturated rings. The van der Waals surface area contributed by atoms with Crippen LogP contribution in [-0.4, -0.2) is 17.7 Å². The van der Waals surface area contributed by atoms with Crippen LogP contribution in [0.5, 0.6) is 0 Å². The number of rotatable bonds is 4. The number of hydrogen-bond donors (Lipinski definition) is 1. The molecule has 0 aliphatic rings. The summed E-state index contributed by atoms with van der Waals surface area (Å²) in [5.41, 5.74) is 0.612. The molecular formula is C17H15BrF2O3. The van der Waals surface area contributed by atoms with Crippen molar-refractivity contribution in [3.05, 3.63) is 69.2 Å². The lowest BCUT2D eigenvalue weighted by Crippen LogP contribution is -1.97. The lowest BCUT2D eigenvalue weighted by molar-refractivity contribution is 0.111. The molecule has 1 unspecified atom stereocenters. The third kappa shape index (κ3) is 5.65. The smallest absolute Gasteiger partial charge is 0.152 e. The minimum atomic E-state index is -0.657. The highest BCUT2D eigenvalue weighted by Gasteiger charge is 2.08. The van der Waals surface area contributed by atoms with Crippen molar-refractivity contribution in [3.8, 4) is 0 Å². The predicted molar refractivity (Wildman–Crippen MR) is 86.5 cm³/mol. The second-order valence-electron chi connectivity index (χ2n) is 4.61. The lowest BCUT2D eigenvalue weighted by atomic mass is 10.1. The average Bonchev–Trinajstić information content (AvgIpc) is 2.54. The van der Waals surface area contributed by atoms with E-state index in [0.717, 1.165) is 0 Å². The third-order valence-electron chi connectivity index (χ3n) is 3.01. The van der Waals surface area contributed by atoms with E-state index in [-0.39, 0.29) is 11.1 Å². The highest BCUT2D eigenvalue weighted by atomic mass is 79.9. The van der Waals surface area contributed by atoms with E-state index in [9.17, 15) is 23.5 Å². The van der Waals surface area contributed by atoms with Crippen molar-refractivity contribution < 1.29 is 23.5 Å². The molecule has 0 aliphatic carbocycles. The number of hydrogen-bond acceptors (Lipinski definition) is 3. The summed E-state index contributed by atoms with van der Waals surface area (Å²) >= 11 is 3.07. The van der Waals surface area contributed by atoms with Crippen molar-refractivity contribution in [3.63, 3.8) is 0 Å². The van der Waals surface area contributed by atoms with Gasteiger partial charge in [0.2, 0.25) is 0 Å². The van der Waals surface area contributed by atoms with Crippen LogP contribution in [0.15, 0.2) is 40.9 Å². The van der Waals surface area contributed by atoms with Gasteiger partial charge in [0.05, 0.1) is 17.2 Å². The van der Waals surface area contributed by atoms with E-state index in [4.69, 9.17) is 0 Å². The van der Waals surface area contributed by atoms with Gasteiger partial charge in [-0.2, -0.15) is 0 Å². The molecule has 2 aromatic rings. The Labute approximate surface area is 141 Å². The van der Waals surface area contributed by atoms with Gasteiger partial charge in [0, 0.05) is 4.47 Å². The molecule has 1 atom stereocenters. The van der Waals surface area contributed by atoms with Gasteiger partial charge >= 0.3 is 0 Å². The van der Waals surface area contributed by atoms with Crippen molar-refractivity contribution in [2.45, 2.75) is 19.4 Å². The quantitative estimate of drug-likeness (QED) is 0.790. The van der Waals surface area contributed by atoms with E-state index in [0.29, 0.717) is 29.0 Å². The fraction of sp³-hybridized carbons (Fsp3) is 0.176. The number of aldehydes is 2. The highest BCUT2D eigenvalue weighted by molar-refractivity contribution is 9.10. The Morgan fingerprint density at radius 3 is 2.00 bits per heavy atom. The van der Waals surface area contributed by atoms with E-state index in [1.165, 1.54) is 24.3 Å². The van der Waals surface area contributed by atoms with Gasteiger partial charge in [0.15, 0.2) is 12.6 Å². The molecule has 0 amide bonds. The fourth-order valence-electron chi connectivity index (χ4n) is 1.68. The summed E-state index contributed by atoms with van der Waals surface area (Å²) in [6, 6.07) is 8.42. The van der Waals surface area contributed by atoms with Gasteiger partial charge in [0.25, 0.3) is 0 Å². The minimum Gasteiger partial charge on any atom is -0.388 e. The normalized spacial score (nSPS) is 11.2. The van der Waals surface area contributed by atoms with Crippen molar-refractivity contribution >= 4 is 28.5 Å². The third-order valence-corrected chi connectivity index (χ3v) is 3.51. The van der Waals surface area contributed by atoms with Crippen LogP contribution in [0.25, 0.3) is 0 Å². The monoisotopic (exact) mass is 384 g/mol. The molecule has 0 bridgehead atoms. The van der Waals surface area contributed by atoms with Crippen LogP contribution < -0.4 is 0 Å². The predicted octanol–water partition coefficient (Wildman–Crippen LogP) is 4.48. The topological polar surface area (TPSA) is 54.4 Å². The average molecular weight is 385 g/mol. The SMILES string of the molecule is CCC(O)c1ccc(C=O)c(F)c1.O=Cc1ccc(Br)cc1F. The summed E-state index contributed by atoms with van der Waals surface area (Å²) in [7, 11) is 0. The van der Waals surface area contributed by atoms with Gasteiger partial charge in [0.1, 0.15) is 11.6 Å². The van der Waals surface area contributed by atoms with Crippen molar-refractivity contribution in [1.82, 2.24) is 0 Å². The van der Waals surface area contributed by atoms with Crippen LogP contribution >= 0.6 is 15.9 Å². The summed E-state index contributed by atoms with van der Waals surface area (Å²) in [6.45, 7) is 1.80. The van der Waals surface area contributed by atoms with E-state index >= 15 is 0 Å². The molecule has 0 radical (unpaired) electrons. The number of benzene rings is 2. The van der Waals surface area contributed by atoms with Gasteiger partial charge in [-0.3, -0.25) is 9.59 Å². The van der Waals surface area contributed by atoms with E-state index in [1.807, 2.05) is 0 Å². The van der Waals surface area contributed by atoms with E-state index in [2.05, 4.69) is 15.9 Å². The Balaban J connectivity index is 0.000000238. The Bertz CT molecular complexity index is 690. The first-order valence-electron chi connectivity index (χ1n) is 6.75. The zero-order chi connectivity index (χ0) is 17.4. The van der Waals surface area contributed by atoms with Crippen LogP contribution in [0.3, 0.4) is 0 Å². The van der Waals surface area contributed by atoms with Gasteiger partial charge in [-0.25, -0.2) is 8.78 Å².